The van der Waals surface area contributed by atoms with Gasteiger partial charge in [-0.2, -0.15) is 0 Å². The molecule has 0 aliphatic heterocycles. The van der Waals surface area contributed by atoms with E-state index in [-0.39, 0.29) is 11.2 Å². The molecule has 0 unspecified atom stereocenters. The van der Waals surface area contributed by atoms with Crippen molar-refractivity contribution in [3.8, 4) is 0 Å². The van der Waals surface area contributed by atoms with Gasteiger partial charge in [0, 0.05) is 11.4 Å². The highest BCUT2D eigenvalue weighted by atomic mass is 32.1. The predicted molar refractivity (Wildman–Crippen MR) is 103 cm³/mol. The molecule has 2 aromatic heterocycles. The van der Waals surface area contributed by atoms with Crippen molar-refractivity contribution in [1.29, 1.82) is 0 Å². The molecule has 0 saturated heterocycles. The van der Waals surface area contributed by atoms with Crippen molar-refractivity contribution in [3.63, 3.8) is 0 Å². The van der Waals surface area contributed by atoms with Gasteiger partial charge in [-0.25, -0.2) is 4.79 Å². The van der Waals surface area contributed by atoms with Crippen molar-refractivity contribution in [3.05, 3.63) is 79.8 Å². The highest BCUT2D eigenvalue weighted by Gasteiger charge is 2.23. The Hall–Kier alpha value is -2.40. The number of aromatic nitrogens is 2. The van der Waals surface area contributed by atoms with E-state index in [2.05, 4.69) is 6.58 Å². The molecule has 0 bridgehead atoms. The molecule has 1 aliphatic rings. The summed E-state index contributed by atoms with van der Waals surface area (Å²) in [4.78, 5) is 27.4. The fourth-order valence-corrected chi connectivity index (χ4v) is 4.98. The monoisotopic (exact) mass is 352 g/mol. The predicted octanol–water partition coefficient (Wildman–Crippen LogP) is 3.34. The maximum Gasteiger partial charge on any atom is 0.332 e. The molecule has 4 rings (SSSR count). The summed E-state index contributed by atoms with van der Waals surface area (Å²) in [5, 5.41) is 0. The lowest BCUT2D eigenvalue weighted by Gasteiger charge is -2.14. The average Bonchev–Trinajstić information content (AvgIpc) is 3.03. The third-order valence-electron chi connectivity index (χ3n) is 4.81. The number of hydrogen-bond donors (Lipinski definition) is 0. The second-order valence-corrected chi connectivity index (χ2v) is 7.55. The summed E-state index contributed by atoms with van der Waals surface area (Å²) in [6, 6.07) is 9.65. The Balaban J connectivity index is 2.00. The van der Waals surface area contributed by atoms with Crippen LogP contribution in [0.1, 0.15) is 28.8 Å². The summed E-state index contributed by atoms with van der Waals surface area (Å²) in [5.41, 5.74) is 2.59. The minimum absolute atomic E-state index is 0.163. The molecule has 3 aromatic rings. The number of rotatable bonds is 4. The highest BCUT2D eigenvalue weighted by Crippen LogP contribution is 2.34. The van der Waals surface area contributed by atoms with Gasteiger partial charge in [0.25, 0.3) is 5.56 Å². The molecule has 25 heavy (non-hydrogen) atoms. The molecule has 5 heteroatoms. The molecular formula is C20H20N2O2S. The minimum atomic E-state index is -0.243. The SMILES string of the molecule is C=CCn1c(=O)n(Cc2ccccc2)c(=O)c2sc3c(c21)CCCC3. The van der Waals surface area contributed by atoms with Gasteiger partial charge in [0.2, 0.25) is 0 Å². The van der Waals surface area contributed by atoms with Crippen molar-refractivity contribution in [2.24, 2.45) is 0 Å². The molecule has 2 heterocycles. The van der Waals surface area contributed by atoms with E-state index in [1.54, 1.807) is 22.0 Å². The van der Waals surface area contributed by atoms with Crippen LogP contribution in [0, 0.1) is 0 Å². The topological polar surface area (TPSA) is 44.0 Å². The molecule has 0 N–H and O–H groups in total. The van der Waals surface area contributed by atoms with E-state index in [1.807, 2.05) is 30.3 Å². The number of hydrogen-bond acceptors (Lipinski definition) is 3. The van der Waals surface area contributed by atoms with Crippen LogP contribution < -0.4 is 11.2 Å². The smallest absolute Gasteiger partial charge is 0.288 e. The fraction of sp³-hybridized carbons (Fsp3) is 0.300. The number of allylic oxidation sites excluding steroid dienone is 1. The maximum atomic E-state index is 13.1. The summed E-state index contributed by atoms with van der Waals surface area (Å²) < 4.78 is 3.81. The second-order valence-electron chi connectivity index (χ2n) is 6.45. The van der Waals surface area contributed by atoms with Crippen molar-refractivity contribution >= 4 is 21.6 Å². The van der Waals surface area contributed by atoms with Gasteiger partial charge in [-0.1, -0.05) is 36.4 Å². The zero-order valence-electron chi connectivity index (χ0n) is 14.0. The normalized spacial score (nSPS) is 13.8. The van der Waals surface area contributed by atoms with Gasteiger partial charge in [0.05, 0.1) is 12.1 Å². The summed E-state index contributed by atoms with van der Waals surface area (Å²) >= 11 is 1.57. The van der Waals surface area contributed by atoms with Gasteiger partial charge < -0.3 is 0 Å². The molecule has 1 aromatic carbocycles. The van der Waals surface area contributed by atoms with Crippen molar-refractivity contribution in [2.45, 2.75) is 38.8 Å². The van der Waals surface area contributed by atoms with Crippen molar-refractivity contribution in [2.75, 3.05) is 0 Å². The van der Waals surface area contributed by atoms with Crippen molar-refractivity contribution < 1.29 is 0 Å². The number of thiophene rings is 1. The summed E-state index contributed by atoms with van der Waals surface area (Å²) in [7, 11) is 0. The zero-order valence-corrected chi connectivity index (χ0v) is 14.8. The van der Waals surface area contributed by atoms with Crippen LogP contribution in [0.25, 0.3) is 10.2 Å². The van der Waals surface area contributed by atoms with Crippen LogP contribution in [-0.2, 0) is 25.9 Å². The first-order valence-electron chi connectivity index (χ1n) is 8.63. The van der Waals surface area contributed by atoms with Crippen LogP contribution >= 0.6 is 11.3 Å². The molecule has 0 spiro atoms. The molecule has 0 amide bonds. The van der Waals surface area contributed by atoms with Gasteiger partial charge in [0.1, 0.15) is 4.70 Å². The third-order valence-corrected chi connectivity index (χ3v) is 6.08. The fourth-order valence-electron chi connectivity index (χ4n) is 3.63. The van der Waals surface area contributed by atoms with E-state index in [1.165, 1.54) is 15.0 Å². The Kier molecular flexibility index (Phi) is 4.17. The Morgan fingerprint density at radius 1 is 1.08 bits per heavy atom. The van der Waals surface area contributed by atoms with E-state index >= 15 is 0 Å². The average molecular weight is 352 g/mol. The van der Waals surface area contributed by atoms with Crippen LogP contribution in [0.5, 0.6) is 0 Å². The van der Waals surface area contributed by atoms with E-state index < -0.39 is 0 Å². The highest BCUT2D eigenvalue weighted by molar-refractivity contribution is 7.19. The van der Waals surface area contributed by atoms with Gasteiger partial charge >= 0.3 is 5.69 Å². The minimum Gasteiger partial charge on any atom is -0.288 e. The molecular weight excluding hydrogens is 332 g/mol. The molecule has 128 valence electrons. The largest absolute Gasteiger partial charge is 0.332 e. The van der Waals surface area contributed by atoms with E-state index in [0.717, 1.165) is 36.8 Å². The van der Waals surface area contributed by atoms with Gasteiger partial charge in [-0.3, -0.25) is 13.9 Å². The maximum absolute atomic E-state index is 13.1. The lowest BCUT2D eigenvalue weighted by Crippen LogP contribution is -2.40. The molecule has 0 fully saturated rings. The first-order valence-corrected chi connectivity index (χ1v) is 9.45. The summed E-state index contributed by atoms with van der Waals surface area (Å²) in [6.45, 7) is 4.52. The van der Waals surface area contributed by atoms with Crippen LogP contribution in [0.15, 0.2) is 52.6 Å². The molecule has 1 aliphatic carbocycles. The molecule has 0 saturated carbocycles. The van der Waals surface area contributed by atoms with Gasteiger partial charge in [-0.15, -0.1) is 17.9 Å². The molecule has 0 radical (unpaired) electrons. The Morgan fingerprint density at radius 2 is 1.84 bits per heavy atom. The standard InChI is InChI=1S/C20H20N2O2S/c1-2-12-21-17-15-10-6-7-11-16(15)25-18(17)19(23)22(20(21)24)13-14-8-4-3-5-9-14/h2-5,8-9H,1,6-7,10-13H2. The van der Waals surface area contributed by atoms with Crippen LogP contribution in [0.2, 0.25) is 0 Å². The van der Waals surface area contributed by atoms with Gasteiger partial charge in [-0.05, 0) is 36.8 Å². The quantitative estimate of drug-likeness (QED) is 0.676. The van der Waals surface area contributed by atoms with Crippen LogP contribution in [0.3, 0.4) is 0 Å². The first kappa shape index (κ1) is 16.1. The number of fused-ring (bicyclic) bond motifs is 3. The van der Waals surface area contributed by atoms with E-state index in [9.17, 15) is 9.59 Å². The number of aryl methyl sites for hydroxylation is 2. The third kappa shape index (κ3) is 2.68. The molecule has 0 atom stereocenters. The number of nitrogens with zero attached hydrogens (tertiary/aromatic N) is 2. The van der Waals surface area contributed by atoms with Crippen LogP contribution in [-0.4, -0.2) is 9.13 Å². The lowest BCUT2D eigenvalue weighted by atomic mass is 9.98. The second kappa shape index (κ2) is 6.48. The summed E-state index contributed by atoms with van der Waals surface area (Å²) in [6.07, 6.45) is 5.96. The van der Waals surface area contributed by atoms with Gasteiger partial charge in [0.15, 0.2) is 0 Å². The first-order chi connectivity index (χ1) is 12.2. The zero-order chi connectivity index (χ0) is 17.4. The Bertz CT molecular complexity index is 1060. The molecule has 4 nitrogen and oxygen atoms in total. The van der Waals surface area contributed by atoms with E-state index in [4.69, 9.17) is 0 Å². The van der Waals surface area contributed by atoms with E-state index in [0.29, 0.717) is 17.8 Å². The van der Waals surface area contributed by atoms with Crippen LogP contribution in [0.4, 0.5) is 0 Å². The lowest BCUT2D eigenvalue weighted by molar-refractivity contribution is 0.636. The van der Waals surface area contributed by atoms with Crippen molar-refractivity contribution in [1.82, 2.24) is 9.13 Å². The summed E-state index contributed by atoms with van der Waals surface area (Å²) in [5.74, 6) is 0. The Morgan fingerprint density at radius 3 is 2.60 bits per heavy atom. The number of benzene rings is 1. The Labute approximate surface area is 149 Å².